The molecule has 0 amide bonds. The van der Waals surface area contributed by atoms with Crippen molar-refractivity contribution in [1.29, 1.82) is 0 Å². The Labute approximate surface area is 141 Å². The molecule has 0 spiro atoms. The molecule has 128 valence electrons. The van der Waals surface area contributed by atoms with Gasteiger partial charge in [0.15, 0.2) is 17.5 Å². The van der Waals surface area contributed by atoms with Crippen LogP contribution in [-0.4, -0.2) is 26.7 Å². The van der Waals surface area contributed by atoms with Gasteiger partial charge in [0.1, 0.15) is 5.82 Å². The average Bonchev–Trinajstić information content (AvgIpc) is 2.59. The molecule has 2 aromatic carbocycles. The van der Waals surface area contributed by atoms with Crippen molar-refractivity contribution in [3.05, 3.63) is 59.4 Å². The Morgan fingerprint density at radius 2 is 1.88 bits per heavy atom. The largest absolute Gasteiger partial charge is 0.493 e. The van der Waals surface area contributed by atoms with E-state index in [9.17, 15) is 4.39 Å². The van der Waals surface area contributed by atoms with E-state index >= 15 is 0 Å². The first-order chi connectivity index (χ1) is 11.6. The number of nitrogens with zero attached hydrogens (tertiary/aromatic N) is 1. The summed E-state index contributed by atoms with van der Waals surface area (Å²) >= 11 is 0. The van der Waals surface area contributed by atoms with Gasteiger partial charge >= 0.3 is 0 Å². The molecule has 0 atom stereocenters. The molecule has 0 aliphatic carbocycles. The molecule has 24 heavy (non-hydrogen) atoms. The van der Waals surface area contributed by atoms with E-state index < -0.39 is 0 Å². The van der Waals surface area contributed by atoms with Gasteiger partial charge in [-0.05, 0) is 41.8 Å². The van der Waals surface area contributed by atoms with Gasteiger partial charge in [0.05, 0.1) is 20.8 Å². The lowest BCUT2D eigenvalue weighted by Crippen LogP contribution is -2.33. The molecule has 0 bridgehead atoms. The van der Waals surface area contributed by atoms with Crippen molar-refractivity contribution < 1.29 is 13.9 Å². The summed E-state index contributed by atoms with van der Waals surface area (Å²) in [7, 11) is 3.18. The van der Waals surface area contributed by atoms with Gasteiger partial charge in [0.25, 0.3) is 0 Å². The van der Waals surface area contributed by atoms with Crippen LogP contribution in [-0.2, 0) is 13.0 Å². The first-order valence-corrected chi connectivity index (χ1v) is 7.61. The molecular formula is C18H22FN3O2. The fraction of sp³-hybridized carbons (Fsp3) is 0.278. The minimum absolute atomic E-state index is 0.234. The summed E-state index contributed by atoms with van der Waals surface area (Å²) in [4.78, 5) is 4.29. The van der Waals surface area contributed by atoms with E-state index in [1.807, 2.05) is 24.3 Å². The van der Waals surface area contributed by atoms with Crippen LogP contribution in [0.15, 0.2) is 47.5 Å². The monoisotopic (exact) mass is 331 g/mol. The molecule has 0 saturated heterocycles. The summed E-state index contributed by atoms with van der Waals surface area (Å²) < 4.78 is 23.5. The van der Waals surface area contributed by atoms with Gasteiger partial charge in [-0.2, -0.15) is 0 Å². The van der Waals surface area contributed by atoms with Crippen LogP contribution in [0.3, 0.4) is 0 Å². The molecule has 0 heterocycles. The lowest BCUT2D eigenvalue weighted by atomic mass is 10.1. The SMILES string of the molecule is COc1ccc(CN=C(N)NCCc2cccc(F)c2)cc1OC. The van der Waals surface area contributed by atoms with E-state index in [1.54, 1.807) is 20.3 Å². The minimum atomic E-state index is -0.234. The topological polar surface area (TPSA) is 68.9 Å². The van der Waals surface area contributed by atoms with Crippen molar-refractivity contribution in [2.24, 2.45) is 10.7 Å². The molecule has 0 radical (unpaired) electrons. The van der Waals surface area contributed by atoms with Crippen LogP contribution in [0.2, 0.25) is 0 Å². The van der Waals surface area contributed by atoms with Gasteiger partial charge in [0.2, 0.25) is 0 Å². The van der Waals surface area contributed by atoms with Crippen LogP contribution in [0.1, 0.15) is 11.1 Å². The zero-order chi connectivity index (χ0) is 17.4. The molecule has 0 aliphatic rings. The Bertz CT molecular complexity index is 704. The molecule has 0 aromatic heterocycles. The molecule has 6 heteroatoms. The number of guanidine groups is 1. The number of halogens is 1. The number of rotatable bonds is 7. The van der Waals surface area contributed by atoms with Crippen LogP contribution >= 0.6 is 0 Å². The van der Waals surface area contributed by atoms with E-state index in [-0.39, 0.29) is 5.82 Å². The van der Waals surface area contributed by atoms with Crippen LogP contribution in [0, 0.1) is 5.82 Å². The second kappa shape index (κ2) is 8.76. The number of hydrogen-bond donors (Lipinski definition) is 2. The summed E-state index contributed by atoms with van der Waals surface area (Å²) in [5, 5.41) is 3.02. The van der Waals surface area contributed by atoms with E-state index in [0.717, 1.165) is 11.1 Å². The Morgan fingerprint density at radius 1 is 1.08 bits per heavy atom. The molecule has 0 unspecified atom stereocenters. The standard InChI is InChI=1S/C18H22FN3O2/c1-23-16-7-6-14(11-17(16)24-2)12-22-18(20)21-9-8-13-4-3-5-15(19)10-13/h3-7,10-11H,8-9,12H2,1-2H3,(H3,20,21,22). The maximum atomic E-state index is 13.1. The number of ether oxygens (including phenoxy) is 2. The highest BCUT2D eigenvalue weighted by atomic mass is 19.1. The fourth-order valence-electron chi connectivity index (χ4n) is 2.24. The van der Waals surface area contributed by atoms with Gasteiger partial charge in [-0.15, -0.1) is 0 Å². The highest BCUT2D eigenvalue weighted by Gasteiger charge is 2.04. The van der Waals surface area contributed by atoms with Crippen molar-refractivity contribution in [2.75, 3.05) is 20.8 Å². The van der Waals surface area contributed by atoms with Gasteiger partial charge < -0.3 is 20.5 Å². The quantitative estimate of drug-likeness (QED) is 0.604. The Balaban J connectivity index is 1.85. The number of benzene rings is 2. The first-order valence-electron chi connectivity index (χ1n) is 7.61. The van der Waals surface area contributed by atoms with E-state index in [4.69, 9.17) is 15.2 Å². The molecular weight excluding hydrogens is 309 g/mol. The fourth-order valence-corrected chi connectivity index (χ4v) is 2.24. The lowest BCUT2D eigenvalue weighted by molar-refractivity contribution is 0.354. The molecule has 3 N–H and O–H groups in total. The lowest BCUT2D eigenvalue weighted by Gasteiger charge is -2.09. The van der Waals surface area contributed by atoms with E-state index in [0.29, 0.717) is 37.0 Å². The third-order valence-corrected chi connectivity index (χ3v) is 3.49. The van der Waals surface area contributed by atoms with Gasteiger partial charge in [-0.3, -0.25) is 0 Å². The number of nitrogens with one attached hydrogen (secondary N) is 1. The van der Waals surface area contributed by atoms with E-state index in [2.05, 4.69) is 10.3 Å². The summed E-state index contributed by atoms with van der Waals surface area (Å²) in [6.07, 6.45) is 0.671. The summed E-state index contributed by atoms with van der Waals surface area (Å²) in [5.41, 5.74) is 7.72. The van der Waals surface area contributed by atoms with Crippen molar-refractivity contribution in [3.8, 4) is 11.5 Å². The predicted molar refractivity (Wildman–Crippen MR) is 93.0 cm³/mol. The highest BCUT2D eigenvalue weighted by molar-refractivity contribution is 5.77. The molecule has 0 fully saturated rings. The van der Waals surface area contributed by atoms with E-state index in [1.165, 1.54) is 12.1 Å². The second-order valence-corrected chi connectivity index (χ2v) is 5.20. The highest BCUT2D eigenvalue weighted by Crippen LogP contribution is 2.27. The Kier molecular flexibility index (Phi) is 6.42. The van der Waals surface area contributed by atoms with Crippen LogP contribution in [0.4, 0.5) is 4.39 Å². The minimum Gasteiger partial charge on any atom is -0.493 e. The Hall–Kier alpha value is -2.76. The van der Waals surface area contributed by atoms with Crippen molar-refractivity contribution in [2.45, 2.75) is 13.0 Å². The first kappa shape index (κ1) is 17.6. The third kappa shape index (κ3) is 5.15. The molecule has 2 aromatic rings. The average molecular weight is 331 g/mol. The van der Waals surface area contributed by atoms with Crippen molar-refractivity contribution in [1.82, 2.24) is 5.32 Å². The predicted octanol–water partition coefficient (Wildman–Crippen LogP) is 2.49. The zero-order valence-electron chi connectivity index (χ0n) is 13.9. The van der Waals surface area contributed by atoms with Crippen LogP contribution in [0.5, 0.6) is 11.5 Å². The van der Waals surface area contributed by atoms with Gasteiger partial charge in [-0.25, -0.2) is 9.38 Å². The van der Waals surface area contributed by atoms with Gasteiger partial charge in [-0.1, -0.05) is 18.2 Å². The number of aliphatic imine (C=N–C) groups is 1. The summed E-state index contributed by atoms with van der Waals surface area (Å²) in [6, 6.07) is 12.1. The van der Waals surface area contributed by atoms with Crippen molar-refractivity contribution >= 4 is 5.96 Å². The number of nitrogens with two attached hydrogens (primary N) is 1. The summed E-state index contributed by atoms with van der Waals surface area (Å²) in [5.74, 6) is 1.44. The third-order valence-electron chi connectivity index (χ3n) is 3.49. The number of methoxy groups -OCH3 is 2. The maximum Gasteiger partial charge on any atom is 0.188 e. The zero-order valence-corrected chi connectivity index (χ0v) is 13.9. The van der Waals surface area contributed by atoms with Crippen molar-refractivity contribution in [3.63, 3.8) is 0 Å². The molecule has 5 nitrogen and oxygen atoms in total. The second-order valence-electron chi connectivity index (χ2n) is 5.20. The van der Waals surface area contributed by atoms with Gasteiger partial charge in [0, 0.05) is 6.54 Å². The smallest absolute Gasteiger partial charge is 0.188 e. The molecule has 0 aliphatic heterocycles. The normalized spacial score (nSPS) is 11.2. The Morgan fingerprint density at radius 3 is 2.58 bits per heavy atom. The van der Waals surface area contributed by atoms with Crippen LogP contribution in [0.25, 0.3) is 0 Å². The summed E-state index contributed by atoms with van der Waals surface area (Å²) in [6.45, 7) is 1.02. The maximum absolute atomic E-state index is 13.1. The van der Waals surface area contributed by atoms with Crippen LogP contribution < -0.4 is 20.5 Å². The molecule has 0 saturated carbocycles. The number of hydrogen-bond acceptors (Lipinski definition) is 3. The molecule has 2 rings (SSSR count).